The van der Waals surface area contributed by atoms with Gasteiger partial charge in [0.05, 0.1) is 23.7 Å². The van der Waals surface area contributed by atoms with Crippen molar-refractivity contribution in [1.82, 2.24) is 14.9 Å². The highest BCUT2D eigenvalue weighted by molar-refractivity contribution is 7.71. The molecule has 0 bridgehead atoms. The van der Waals surface area contributed by atoms with Gasteiger partial charge in [0.2, 0.25) is 5.91 Å². The first-order chi connectivity index (χ1) is 13.6. The Bertz CT molecular complexity index is 1040. The number of unbranched alkanes of at least 4 members (excludes halogenated alkanes) is 2. The fraction of sp³-hybridized carbons (Fsp3) is 0.350. The molecule has 0 aliphatic rings. The molecule has 0 saturated heterocycles. The third-order valence-corrected chi connectivity index (χ3v) is 4.86. The van der Waals surface area contributed by atoms with Crippen LogP contribution in [0.15, 0.2) is 51.9 Å². The van der Waals surface area contributed by atoms with E-state index in [1.807, 2.05) is 18.2 Å². The Morgan fingerprint density at radius 2 is 2.04 bits per heavy atom. The summed E-state index contributed by atoms with van der Waals surface area (Å²) in [7, 11) is 0. The predicted molar refractivity (Wildman–Crippen MR) is 109 cm³/mol. The number of benzene rings is 1. The fourth-order valence-corrected chi connectivity index (χ4v) is 3.30. The molecule has 7 nitrogen and oxygen atoms in total. The van der Waals surface area contributed by atoms with Gasteiger partial charge in [0, 0.05) is 13.0 Å². The van der Waals surface area contributed by atoms with Gasteiger partial charge < -0.3 is 19.8 Å². The monoisotopic (exact) mass is 401 g/mol. The summed E-state index contributed by atoms with van der Waals surface area (Å²) in [5.74, 6) is 0.309. The first kappa shape index (κ1) is 20.0. The zero-order valence-electron chi connectivity index (χ0n) is 15.4. The number of furan rings is 1. The second kappa shape index (κ2) is 9.48. The molecule has 1 atom stereocenters. The third kappa shape index (κ3) is 4.96. The van der Waals surface area contributed by atoms with Gasteiger partial charge in [-0.1, -0.05) is 18.6 Å². The van der Waals surface area contributed by atoms with Gasteiger partial charge in [0.1, 0.15) is 11.9 Å². The molecule has 1 unspecified atom stereocenters. The Kier molecular flexibility index (Phi) is 6.78. The van der Waals surface area contributed by atoms with Crippen molar-refractivity contribution < 1.29 is 14.3 Å². The van der Waals surface area contributed by atoms with E-state index in [0.717, 1.165) is 18.4 Å². The van der Waals surface area contributed by atoms with Crippen LogP contribution in [-0.4, -0.2) is 27.1 Å². The average molecular weight is 401 g/mol. The SMILES string of the molecule is O=C(CCCCCn1c(=S)[nH]c2ccccc2c1=O)NCC(O)c1ccco1. The topological polar surface area (TPSA) is 100 Å². The van der Waals surface area contributed by atoms with E-state index in [1.165, 1.54) is 6.26 Å². The van der Waals surface area contributed by atoms with Crippen molar-refractivity contribution in [3.8, 4) is 0 Å². The first-order valence-corrected chi connectivity index (χ1v) is 9.67. The molecule has 0 fully saturated rings. The van der Waals surface area contributed by atoms with Crippen LogP contribution >= 0.6 is 12.2 Å². The minimum atomic E-state index is -0.847. The number of hydrogen-bond acceptors (Lipinski definition) is 5. The molecule has 0 aliphatic carbocycles. The van der Waals surface area contributed by atoms with Crippen LogP contribution in [0.5, 0.6) is 0 Å². The highest BCUT2D eigenvalue weighted by Gasteiger charge is 2.11. The van der Waals surface area contributed by atoms with Gasteiger partial charge in [-0.3, -0.25) is 14.2 Å². The van der Waals surface area contributed by atoms with Crippen molar-refractivity contribution in [2.45, 2.75) is 38.3 Å². The Balaban J connectivity index is 1.41. The lowest BCUT2D eigenvalue weighted by Crippen LogP contribution is -2.28. The Hall–Kier alpha value is -2.71. The molecule has 1 aromatic carbocycles. The normalized spacial score (nSPS) is 12.2. The molecular weight excluding hydrogens is 378 g/mol. The molecule has 148 valence electrons. The maximum atomic E-state index is 12.5. The quantitative estimate of drug-likeness (QED) is 0.378. The molecule has 3 aromatic rings. The summed E-state index contributed by atoms with van der Waals surface area (Å²) in [5.41, 5.74) is 0.645. The van der Waals surface area contributed by atoms with E-state index >= 15 is 0 Å². The predicted octanol–water partition coefficient (Wildman–Crippen LogP) is 3.06. The number of aliphatic hydroxyl groups excluding tert-OH is 1. The lowest BCUT2D eigenvalue weighted by atomic mass is 10.2. The molecule has 3 N–H and O–H groups in total. The van der Waals surface area contributed by atoms with Gasteiger partial charge in [-0.15, -0.1) is 0 Å². The first-order valence-electron chi connectivity index (χ1n) is 9.26. The number of rotatable bonds is 9. The minimum Gasteiger partial charge on any atom is -0.467 e. The lowest BCUT2D eigenvalue weighted by Gasteiger charge is -2.10. The molecule has 0 radical (unpaired) electrons. The van der Waals surface area contributed by atoms with E-state index in [1.54, 1.807) is 22.8 Å². The Morgan fingerprint density at radius 3 is 2.82 bits per heavy atom. The van der Waals surface area contributed by atoms with Crippen LogP contribution in [0, 0.1) is 4.77 Å². The van der Waals surface area contributed by atoms with Crippen LogP contribution in [0.3, 0.4) is 0 Å². The number of fused-ring (bicyclic) bond motifs is 1. The van der Waals surface area contributed by atoms with Crippen LogP contribution in [0.4, 0.5) is 0 Å². The van der Waals surface area contributed by atoms with Crippen LogP contribution in [-0.2, 0) is 11.3 Å². The van der Waals surface area contributed by atoms with Crippen molar-refractivity contribution in [1.29, 1.82) is 0 Å². The van der Waals surface area contributed by atoms with Gasteiger partial charge in [-0.25, -0.2) is 0 Å². The minimum absolute atomic E-state index is 0.0935. The van der Waals surface area contributed by atoms with Crippen LogP contribution in [0.1, 0.15) is 37.5 Å². The van der Waals surface area contributed by atoms with Crippen molar-refractivity contribution in [3.63, 3.8) is 0 Å². The molecule has 0 aliphatic heterocycles. The Labute approximate surface area is 167 Å². The molecule has 28 heavy (non-hydrogen) atoms. The maximum Gasteiger partial charge on any atom is 0.262 e. The summed E-state index contributed by atoms with van der Waals surface area (Å²) in [4.78, 5) is 27.5. The summed E-state index contributed by atoms with van der Waals surface area (Å²) in [5, 5.41) is 13.2. The highest BCUT2D eigenvalue weighted by Crippen LogP contribution is 2.12. The number of amides is 1. The van der Waals surface area contributed by atoms with E-state index < -0.39 is 6.10 Å². The number of H-pyrrole nitrogens is 1. The van der Waals surface area contributed by atoms with Gasteiger partial charge in [0.15, 0.2) is 4.77 Å². The third-order valence-electron chi connectivity index (χ3n) is 4.54. The number of nitrogens with zero attached hydrogens (tertiary/aromatic N) is 1. The van der Waals surface area contributed by atoms with Gasteiger partial charge in [-0.2, -0.15) is 0 Å². The van der Waals surface area contributed by atoms with E-state index in [2.05, 4.69) is 10.3 Å². The summed E-state index contributed by atoms with van der Waals surface area (Å²) >= 11 is 5.29. The van der Waals surface area contributed by atoms with Gasteiger partial charge >= 0.3 is 0 Å². The number of aliphatic hydroxyl groups is 1. The van der Waals surface area contributed by atoms with Crippen LogP contribution in [0.25, 0.3) is 10.9 Å². The highest BCUT2D eigenvalue weighted by atomic mass is 32.1. The van der Waals surface area contributed by atoms with Crippen LogP contribution < -0.4 is 10.9 Å². The number of hydrogen-bond donors (Lipinski definition) is 3. The number of nitrogens with one attached hydrogen (secondary N) is 2. The van der Waals surface area contributed by atoms with Crippen molar-refractivity contribution in [2.75, 3.05) is 6.54 Å². The van der Waals surface area contributed by atoms with E-state index in [0.29, 0.717) is 35.3 Å². The molecule has 2 heterocycles. The molecule has 2 aromatic heterocycles. The Morgan fingerprint density at radius 1 is 1.21 bits per heavy atom. The number of carbonyl (C=O) groups excluding carboxylic acids is 1. The number of aromatic amines is 1. The van der Waals surface area contributed by atoms with Gasteiger partial charge in [0.25, 0.3) is 5.56 Å². The average Bonchev–Trinajstić information content (AvgIpc) is 3.23. The number of carbonyl (C=O) groups is 1. The summed E-state index contributed by atoms with van der Waals surface area (Å²) in [6, 6.07) is 10.6. The second-order valence-electron chi connectivity index (χ2n) is 6.58. The smallest absolute Gasteiger partial charge is 0.262 e. The fourth-order valence-electron chi connectivity index (χ4n) is 3.01. The maximum absolute atomic E-state index is 12.5. The zero-order chi connectivity index (χ0) is 19.9. The largest absolute Gasteiger partial charge is 0.467 e. The molecule has 0 spiro atoms. The lowest BCUT2D eigenvalue weighted by molar-refractivity contribution is -0.121. The molecular formula is C20H23N3O4S. The second-order valence-corrected chi connectivity index (χ2v) is 6.97. The number of para-hydroxylation sites is 1. The summed E-state index contributed by atoms with van der Waals surface area (Å²) in [6.45, 7) is 0.631. The summed E-state index contributed by atoms with van der Waals surface area (Å²) in [6.07, 6.45) is 3.24. The molecule has 8 heteroatoms. The molecule has 0 saturated carbocycles. The van der Waals surface area contributed by atoms with Crippen molar-refractivity contribution >= 4 is 29.0 Å². The molecule has 1 amide bonds. The van der Waals surface area contributed by atoms with Crippen molar-refractivity contribution in [2.24, 2.45) is 0 Å². The van der Waals surface area contributed by atoms with E-state index in [-0.39, 0.29) is 18.0 Å². The molecule has 3 rings (SSSR count). The standard InChI is InChI=1S/C20H23N3O4S/c24-16(17-9-6-12-27-17)13-21-18(25)10-2-1-5-11-23-19(26)14-7-3-4-8-15(14)22-20(23)28/h3-4,6-9,12,16,24H,1-2,5,10-11,13H2,(H,21,25)(H,22,28). The van der Waals surface area contributed by atoms with Crippen LogP contribution in [0.2, 0.25) is 0 Å². The number of aromatic nitrogens is 2. The van der Waals surface area contributed by atoms with Crippen molar-refractivity contribution in [3.05, 3.63) is 63.5 Å². The van der Waals surface area contributed by atoms with E-state index in [9.17, 15) is 14.7 Å². The summed E-state index contributed by atoms with van der Waals surface area (Å²) < 4.78 is 7.07. The van der Waals surface area contributed by atoms with E-state index in [4.69, 9.17) is 16.6 Å². The zero-order valence-corrected chi connectivity index (χ0v) is 16.2. The van der Waals surface area contributed by atoms with Gasteiger partial charge in [-0.05, 0) is 49.3 Å².